The molecule has 1 rings (SSSR count). The van der Waals surface area contributed by atoms with Gasteiger partial charge in [0, 0.05) is 25.1 Å². The van der Waals surface area contributed by atoms with Crippen molar-refractivity contribution in [2.75, 3.05) is 0 Å². The number of ketones is 2. The van der Waals surface area contributed by atoms with Crippen molar-refractivity contribution in [3.63, 3.8) is 0 Å². The zero-order chi connectivity index (χ0) is 11.4. The van der Waals surface area contributed by atoms with Crippen LogP contribution in [0.1, 0.15) is 50.0 Å². The molecule has 0 aliphatic rings. The molecule has 1 aromatic heterocycles. The van der Waals surface area contributed by atoms with E-state index in [4.69, 9.17) is 0 Å². The van der Waals surface area contributed by atoms with E-state index in [2.05, 4.69) is 5.10 Å². The highest BCUT2D eigenvalue weighted by molar-refractivity contribution is 5.97. The molecule has 0 radical (unpaired) electrons. The lowest BCUT2D eigenvalue weighted by Gasteiger charge is -2.02. The summed E-state index contributed by atoms with van der Waals surface area (Å²) in [6.07, 6.45) is 3.88. The summed E-state index contributed by atoms with van der Waals surface area (Å²) in [6.45, 7) is 5.48. The van der Waals surface area contributed by atoms with Crippen LogP contribution >= 0.6 is 0 Å². The summed E-state index contributed by atoms with van der Waals surface area (Å²) >= 11 is 0. The van der Waals surface area contributed by atoms with Gasteiger partial charge in [-0.1, -0.05) is 0 Å². The van der Waals surface area contributed by atoms with E-state index in [1.165, 1.54) is 6.92 Å². The maximum Gasteiger partial charge on any atom is 0.166 e. The third-order valence-corrected chi connectivity index (χ3v) is 2.16. The molecule has 0 atom stereocenters. The fourth-order valence-electron chi connectivity index (χ4n) is 1.20. The van der Waals surface area contributed by atoms with Gasteiger partial charge < -0.3 is 4.79 Å². The molecule has 0 spiro atoms. The van der Waals surface area contributed by atoms with E-state index in [0.717, 1.165) is 0 Å². The fraction of sp³-hybridized carbons (Fsp3) is 0.545. The van der Waals surface area contributed by atoms with Crippen molar-refractivity contribution in [2.24, 2.45) is 0 Å². The molecule has 0 bridgehead atoms. The van der Waals surface area contributed by atoms with Crippen molar-refractivity contribution in [3.05, 3.63) is 18.0 Å². The minimum Gasteiger partial charge on any atom is -0.300 e. The van der Waals surface area contributed by atoms with Gasteiger partial charge in [-0.15, -0.1) is 0 Å². The van der Waals surface area contributed by atoms with Gasteiger partial charge in [0.05, 0.1) is 11.8 Å². The minimum absolute atomic E-state index is 0.0166. The first kappa shape index (κ1) is 11.6. The van der Waals surface area contributed by atoms with Gasteiger partial charge in [-0.2, -0.15) is 5.10 Å². The van der Waals surface area contributed by atoms with Crippen molar-refractivity contribution >= 4 is 11.6 Å². The third kappa shape index (κ3) is 3.31. The van der Waals surface area contributed by atoms with Crippen LogP contribution in [0.2, 0.25) is 0 Å². The van der Waals surface area contributed by atoms with Crippen molar-refractivity contribution in [3.8, 4) is 0 Å². The second-order valence-corrected chi connectivity index (χ2v) is 3.93. The van der Waals surface area contributed by atoms with E-state index < -0.39 is 0 Å². The topological polar surface area (TPSA) is 52.0 Å². The largest absolute Gasteiger partial charge is 0.300 e. The van der Waals surface area contributed by atoms with Crippen molar-refractivity contribution in [2.45, 2.75) is 39.7 Å². The first-order chi connectivity index (χ1) is 7.00. The molecule has 4 heteroatoms. The first-order valence-electron chi connectivity index (χ1n) is 5.07. The highest BCUT2D eigenvalue weighted by Crippen LogP contribution is 2.08. The minimum atomic E-state index is -0.0166. The van der Waals surface area contributed by atoms with Crippen LogP contribution < -0.4 is 0 Å². The molecule has 0 saturated heterocycles. The zero-order valence-electron chi connectivity index (χ0n) is 9.36. The van der Waals surface area contributed by atoms with Gasteiger partial charge >= 0.3 is 0 Å². The predicted octanol–water partition coefficient (Wildman–Crippen LogP) is 2.02. The quantitative estimate of drug-likeness (QED) is 0.695. The highest BCUT2D eigenvalue weighted by atomic mass is 16.1. The zero-order valence-corrected chi connectivity index (χ0v) is 9.36. The van der Waals surface area contributed by atoms with Crippen LogP contribution in [0, 0.1) is 0 Å². The molecule has 0 unspecified atom stereocenters. The Morgan fingerprint density at radius 2 is 2.07 bits per heavy atom. The van der Waals surface area contributed by atoms with E-state index in [-0.39, 0.29) is 24.0 Å². The average molecular weight is 208 g/mol. The predicted molar refractivity (Wildman–Crippen MR) is 56.9 cm³/mol. The third-order valence-electron chi connectivity index (χ3n) is 2.16. The van der Waals surface area contributed by atoms with Crippen LogP contribution in [-0.2, 0) is 4.79 Å². The first-order valence-corrected chi connectivity index (χ1v) is 5.07. The van der Waals surface area contributed by atoms with Gasteiger partial charge in [0.25, 0.3) is 0 Å². The lowest BCUT2D eigenvalue weighted by Crippen LogP contribution is -2.02. The molecule has 0 N–H and O–H groups in total. The molecule has 1 aromatic rings. The molecule has 0 saturated carbocycles. The van der Waals surface area contributed by atoms with E-state index in [1.807, 2.05) is 13.8 Å². The molecule has 0 aromatic carbocycles. The van der Waals surface area contributed by atoms with E-state index in [1.54, 1.807) is 17.1 Å². The van der Waals surface area contributed by atoms with E-state index in [9.17, 15) is 9.59 Å². The van der Waals surface area contributed by atoms with Crippen LogP contribution in [0.25, 0.3) is 0 Å². The number of carbonyl (C=O) groups excluding carboxylic acids is 2. The molecule has 0 aliphatic carbocycles. The molecule has 4 nitrogen and oxygen atoms in total. The van der Waals surface area contributed by atoms with Gasteiger partial charge in [0.1, 0.15) is 5.78 Å². The number of hydrogen-bond acceptors (Lipinski definition) is 3. The summed E-state index contributed by atoms with van der Waals surface area (Å²) in [7, 11) is 0. The number of rotatable bonds is 5. The van der Waals surface area contributed by atoms with Crippen LogP contribution in [0.5, 0.6) is 0 Å². The van der Waals surface area contributed by atoms with Crippen LogP contribution in [0.4, 0.5) is 0 Å². The Bertz CT molecular complexity index is 366. The Morgan fingerprint density at radius 1 is 1.40 bits per heavy atom. The van der Waals surface area contributed by atoms with Crippen molar-refractivity contribution in [1.29, 1.82) is 0 Å². The normalized spacial score (nSPS) is 10.7. The maximum absolute atomic E-state index is 11.6. The number of hydrogen-bond donors (Lipinski definition) is 0. The number of carbonyl (C=O) groups is 2. The molecule has 0 amide bonds. The SMILES string of the molecule is CC(=O)CCC(=O)c1cnn(C(C)C)c1. The lowest BCUT2D eigenvalue weighted by molar-refractivity contribution is -0.116. The summed E-state index contributed by atoms with van der Waals surface area (Å²) in [5.74, 6) is 0.0247. The van der Waals surface area contributed by atoms with Crippen LogP contribution in [0.15, 0.2) is 12.4 Å². The maximum atomic E-state index is 11.6. The van der Waals surface area contributed by atoms with Crippen LogP contribution in [0.3, 0.4) is 0 Å². The molecule has 0 fully saturated rings. The molecule has 0 aliphatic heterocycles. The Hall–Kier alpha value is -1.45. The van der Waals surface area contributed by atoms with Gasteiger partial charge in [-0.3, -0.25) is 9.48 Å². The Morgan fingerprint density at radius 3 is 2.53 bits per heavy atom. The molecule has 82 valence electrons. The molecule has 1 heterocycles. The summed E-state index contributed by atoms with van der Waals surface area (Å²) in [6, 6.07) is 0.249. The Kier molecular flexibility index (Phi) is 3.77. The standard InChI is InChI=1S/C11H16N2O2/c1-8(2)13-7-10(6-12-13)11(15)5-4-9(3)14/h6-8H,4-5H2,1-3H3. The average Bonchev–Trinajstić information content (AvgIpc) is 2.62. The number of Topliss-reactive ketones (excluding diaryl/α,β-unsaturated/α-hetero) is 2. The summed E-state index contributed by atoms with van der Waals surface area (Å²) in [5, 5.41) is 4.07. The van der Waals surface area contributed by atoms with Crippen molar-refractivity contribution < 1.29 is 9.59 Å². The molecule has 15 heavy (non-hydrogen) atoms. The number of nitrogens with zero attached hydrogens (tertiary/aromatic N) is 2. The highest BCUT2D eigenvalue weighted by Gasteiger charge is 2.10. The lowest BCUT2D eigenvalue weighted by atomic mass is 10.1. The van der Waals surface area contributed by atoms with Crippen LogP contribution in [-0.4, -0.2) is 21.3 Å². The second kappa shape index (κ2) is 4.87. The molecular formula is C11H16N2O2. The van der Waals surface area contributed by atoms with Gasteiger partial charge in [-0.25, -0.2) is 0 Å². The van der Waals surface area contributed by atoms with Crippen molar-refractivity contribution in [1.82, 2.24) is 9.78 Å². The fourth-order valence-corrected chi connectivity index (χ4v) is 1.20. The summed E-state index contributed by atoms with van der Waals surface area (Å²) in [4.78, 5) is 22.3. The number of aromatic nitrogens is 2. The second-order valence-electron chi connectivity index (χ2n) is 3.93. The Labute approximate surface area is 89.3 Å². The van der Waals surface area contributed by atoms with Gasteiger partial charge in [0.2, 0.25) is 0 Å². The smallest absolute Gasteiger partial charge is 0.166 e. The van der Waals surface area contributed by atoms with Gasteiger partial charge in [0.15, 0.2) is 5.78 Å². The van der Waals surface area contributed by atoms with E-state index in [0.29, 0.717) is 12.0 Å². The monoisotopic (exact) mass is 208 g/mol. The summed E-state index contributed by atoms with van der Waals surface area (Å²) < 4.78 is 1.74. The molecular weight excluding hydrogens is 192 g/mol. The van der Waals surface area contributed by atoms with Gasteiger partial charge in [-0.05, 0) is 20.8 Å². The summed E-state index contributed by atoms with van der Waals surface area (Å²) in [5.41, 5.74) is 0.588. The van der Waals surface area contributed by atoms with E-state index >= 15 is 0 Å². The Balaban J connectivity index is 2.62.